The first-order chi connectivity index (χ1) is 3.93. The molecule has 0 saturated heterocycles. The molecule has 1 nitrogen and oxygen atoms in total. The lowest BCUT2D eigenvalue weighted by Gasteiger charge is -1.75. The predicted octanol–water partition coefficient (Wildman–Crippen LogP) is 1.81. The van der Waals surface area contributed by atoms with E-state index in [1.165, 1.54) is 0 Å². The van der Waals surface area contributed by atoms with Gasteiger partial charge in [0.1, 0.15) is 0 Å². The van der Waals surface area contributed by atoms with Crippen LogP contribution in [0.2, 0.25) is 0 Å². The summed E-state index contributed by atoms with van der Waals surface area (Å²) in [5, 5.41) is 0. The third-order valence-electron chi connectivity index (χ3n) is 0.880. The highest BCUT2D eigenvalue weighted by molar-refractivity contribution is 5.42. The van der Waals surface area contributed by atoms with Gasteiger partial charge in [0, 0.05) is 18.0 Å². The Labute approximate surface area is 48.4 Å². The zero-order valence-electron chi connectivity index (χ0n) is 4.52. The molecule has 40 valence electrons. The predicted molar refractivity (Wildman–Crippen MR) is 34.4 cm³/mol. The number of aromatic amines is 1. The molecule has 0 unspecified atom stereocenters. The summed E-state index contributed by atoms with van der Waals surface area (Å²) in [4.78, 5) is 2.98. The van der Waals surface area contributed by atoms with Crippen LogP contribution in [0, 0.1) is 0 Å². The topological polar surface area (TPSA) is 15.8 Å². The second-order valence-electron chi connectivity index (χ2n) is 1.47. The summed E-state index contributed by atoms with van der Waals surface area (Å²) in [6, 6.07) is 3.89. The van der Waals surface area contributed by atoms with E-state index in [1.54, 1.807) is 6.08 Å². The van der Waals surface area contributed by atoms with E-state index in [9.17, 15) is 0 Å². The van der Waals surface area contributed by atoms with E-state index in [4.69, 9.17) is 0 Å². The Morgan fingerprint density at radius 2 is 2.62 bits per heavy atom. The summed E-state index contributed by atoms with van der Waals surface area (Å²) < 4.78 is 0. The van der Waals surface area contributed by atoms with Gasteiger partial charge in [-0.3, -0.25) is 0 Å². The Morgan fingerprint density at radius 1 is 1.75 bits per heavy atom. The van der Waals surface area contributed by atoms with Gasteiger partial charge in [-0.15, -0.1) is 5.73 Å². The average molecular weight is 105 g/mol. The molecule has 0 aromatic carbocycles. The SMILES string of the molecule is C=C=Cc1ccc[nH]1. The van der Waals surface area contributed by atoms with Crippen molar-refractivity contribution in [3.05, 3.63) is 36.3 Å². The molecule has 1 rings (SSSR count). The van der Waals surface area contributed by atoms with Crippen LogP contribution in [0.1, 0.15) is 5.69 Å². The fraction of sp³-hybridized carbons (Fsp3) is 0. The maximum atomic E-state index is 3.44. The molecular formula is C7H7N. The lowest BCUT2D eigenvalue weighted by Crippen LogP contribution is -1.62. The van der Waals surface area contributed by atoms with Crippen LogP contribution in [0.15, 0.2) is 30.6 Å². The molecule has 0 radical (unpaired) electrons. The van der Waals surface area contributed by atoms with Crippen molar-refractivity contribution in [1.82, 2.24) is 4.98 Å². The number of aromatic nitrogens is 1. The molecule has 1 N–H and O–H groups in total. The van der Waals surface area contributed by atoms with Gasteiger partial charge in [0.05, 0.1) is 0 Å². The van der Waals surface area contributed by atoms with Crippen LogP contribution in [-0.2, 0) is 0 Å². The smallest absolute Gasteiger partial charge is 0.0458 e. The molecule has 0 atom stereocenters. The minimum atomic E-state index is 1.04. The van der Waals surface area contributed by atoms with Crippen molar-refractivity contribution in [2.75, 3.05) is 0 Å². The minimum absolute atomic E-state index is 1.04. The summed E-state index contributed by atoms with van der Waals surface area (Å²) >= 11 is 0. The van der Waals surface area contributed by atoms with Crippen LogP contribution in [0.4, 0.5) is 0 Å². The van der Waals surface area contributed by atoms with Gasteiger partial charge in [-0.2, -0.15) is 0 Å². The quantitative estimate of drug-likeness (QED) is 0.524. The van der Waals surface area contributed by atoms with Gasteiger partial charge < -0.3 is 4.98 Å². The Kier molecular flexibility index (Phi) is 1.36. The minimum Gasteiger partial charge on any atom is -0.361 e. The Morgan fingerprint density at radius 3 is 3.12 bits per heavy atom. The number of hydrogen-bond donors (Lipinski definition) is 1. The van der Waals surface area contributed by atoms with Crippen molar-refractivity contribution in [2.45, 2.75) is 0 Å². The van der Waals surface area contributed by atoms with E-state index >= 15 is 0 Å². The van der Waals surface area contributed by atoms with E-state index in [0.29, 0.717) is 0 Å². The first-order valence-corrected chi connectivity index (χ1v) is 2.42. The molecule has 0 aliphatic carbocycles. The van der Waals surface area contributed by atoms with Crippen molar-refractivity contribution >= 4 is 6.08 Å². The van der Waals surface area contributed by atoms with Crippen LogP contribution in [0.3, 0.4) is 0 Å². The molecule has 0 saturated carbocycles. The molecule has 0 amide bonds. The van der Waals surface area contributed by atoms with Gasteiger partial charge in [0.2, 0.25) is 0 Å². The summed E-state index contributed by atoms with van der Waals surface area (Å²) in [6.45, 7) is 3.44. The van der Waals surface area contributed by atoms with Crippen molar-refractivity contribution in [3.8, 4) is 0 Å². The van der Waals surface area contributed by atoms with Crippen LogP contribution < -0.4 is 0 Å². The fourth-order valence-electron chi connectivity index (χ4n) is 0.544. The van der Waals surface area contributed by atoms with E-state index in [0.717, 1.165) is 5.69 Å². The molecule has 0 aliphatic rings. The first-order valence-electron chi connectivity index (χ1n) is 2.42. The van der Waals surface area contributed by atoms with Crippen LogP contribution in [0.5, 0.6) is 0 Å². The molecule has 0 aliphatic heterocycles. The Balaban J connectivity index is 2.93. The van der Waals surface area contributed by atoms with Crippen molar-refractivity contribution in [3.63, 3.8) is 0 Å². The van der Waals surface area contributed by atoms with Gasteiger partial charge in [-0.05, 0) is 12.1 Å². The highest BCUT2D eigenvalue weighted by Gasteiger charge is 1.78. The highest BCUT2D eigenvalue weighted by atomic mass is 14.7. The molecule has 8 heavy (non-hydrogen) atoms. The van der Waals surface area contributed by atoms with Crippen molar-refractivity contribution in [2.24, 2.45) is 0 Å². The Bertz CT molecular complexity index is 190. The summed E-state index contributed by atoms with van der Waals surface area (Å²) in [5.41, 5.74) is 3.71. The summed E-state index contributed by atoms with van der Waals surface area (Å²) in [5.74, 6) is 0. The maximum absolute atomic E-state index is 3.44. The third-order valence-corrected chi connectivity index (χ3v) is 0.880. The fourth-order valence-corrected chi connectivity index (χ4v) is 0.544. The van der Waals surface area contributed by atoms with Gasteiger partial charge in [-0.25, -0.2) is 0 Å². The van der Waals surface area contributed by atoms with E-state index < -0.39 is 0 Å². The molecular weight excluding hydrogens is 98.1 g/mol. The second-order valence-corrected chi connectivity index (χ2v) is 1.47. The molecule has 1 aromatic rings. The van der Waals surface area contributed by atoms with Gasteiger partial charge in [-0.1, -0.05) is 6.58 Å². The van der Waals surface area contributed by atoms with Crippen LogP contribution in [-0.4, -0.2) is 4.98 Å². The number of hydrogen-bond acceptors (Lipinski definition) is 0. The molecule has 1 heterocycles. The van der Waals surface area contributed by atoms with Crippen LogP contribution in [0.25, 0.3) is 6.08 Å². The third kappa shape index (κ3) is 0.895. The number of nitrogens with one attached hydrogen (secondary N) is 1. The zero-order chi connectivity index (χ0) is 5.82. The highest BCUT2D eigenvalue weighted by Crippen LogP contribution is 1.93. The average Bonchev–Trinajstić information content (AvgIpc) is 2.19. The zero-order valence-corrected chi connectivity index (χ0v) is 4.52. The number of rotatable bonds is 1. The molecule has 0 fully saturated rings. The van der Waals surface area contributed by atoms with E-state index in [2.05, 4.69) is 17.3 Å². The summed E-state index contributed by atoms with van der Waals surface area (Å²) in [6.07, 6.45) is 3.66. The van der Waals surface area contributed by atoms with E-state index in [1.807, 2.05) is 18.3 Å². The monoisotopic (exact) mass is 105 g/mol. The Hall–Kier alpha value is -1.20. The molecule has 0 spiro atoms. The molecule has 0 bridgehead atoms. The molecule has 1 aromatic heterocycles. The standard InChI is InChI=1S/C7H7N/c1-2-4-7-5-3-6-8-7/h3-6,8H,1H2. The van der Waals surface area contributed by atoms with Gasteiger partial charge in [0.15, 0.2) is 0 Å². The second kappa shape index (κ2) is 2.20. The molecule has 1 heteroatoms. The van der Waals surface area contributed by atoms with E-state index in [-0.39, 0.29) is 0 Å². The van der Waals surface area contributed by atoms with Crippen LogP contribution >= 0.6 is 0 Å². The largest absolute Gasteiger partial charge is 0.361 e. The van der Waals surface area contributed by atoms with Crippen molar-refractivity contribution < 1.29 is 0 Å². The normalized spacial score (nSPS) is 8.00. The summed E-state index contributed by atoms with van der Waals surface area (Å²) in [7, 11) is 0. The lowest BCUT2D eigenvalue weighted by atomic mass is 10.4. The lowest BCUT2D eigenvalue weighted by molar-refractivity contribution is 1.38. The van der Waals surface area contributed by atoms with Gasteiger partial charge >= 0.3 is 0 Å². The maximum Gasteiger partial charge on any atom is 0.0458 e. The van der Waals surface area contributed by atoms with Gasteiger partial charge in [0.25, 0.3) is 0 Å². The van der Waals surface area contributed by atoms with Crippen molar-refractivity contribution in [1.29, 1.82) is 0 Å². The first kappa shape index (κ1) is 4.95. The number of H-pyrrole nitrogens is 1.